The Bertz CT molecular complexity index is 428. The van der Waals surface area contributed by atoms with Crippen LogP contribution < -0.4 is 5.73 Å². The predicted octanol–water partition coefficient (Wildman–Crippen LogP) is 1.18. The van der Waals surface area contributed by atoms with Crippen LogP contribution in [0, 0.1) is 5.41 Å². The fourth-order valence-electron chi connectivity index (χ4n) is 3.21. The van der Waals surface area contributed by atoms with E-state index in [9.17, 15) is 13.2 Å². The lowest BCUT2D eigenvalue weighted by Crippen LogP contribution is -2.50. The molecule has 1 saturated heterocycles. The van der Waals surface area contributed by atoms with Gasteiger partial charge < -0.3 is 10.6 Å². The first-order valence-electron chi connectivity index (χ1n) is 7.49. The maximum absolute atomic E-state index is 12.8. The number of amides is 1. The molecule has 118 valence electrons. The molecule has 1 amide bonds. The summed E-state index contributed by atoms with van der Waals surface area (Å²) in [7, 11) is -1.25. The van der Waals surface area contributed by atoms with Crippen molar-refractivity contribution in [1.82, 2.24) is 4.90 Å². The van der Waals surface area contributed by atoms with Gasteiger partial charge in [-0.25, -0.2) is 8.42 Å². The number of hydrogen-bond donors (Lipinski definition) is 1. The summed E-state index contributed by atoms with van der Waals surface area (Å²) >= 11 is 0. The van der Waals surface area contributed by atoms with Crippen LogP contribution in [0.25, 0.3) is 0 Å². The summed E-state index contributed by atoms with van der Waals surface area (Å²) in [6.07, 6.45) is 3.88. The second-order valence-electron chi connectivity index (χ2n) is 5.96. The summed E-state index contributed by atoms with van der Waals surface area (Å²) in [4.78, 5) is 14.5. The summed E-state index contributed by atoms with van der Waals surface area (Å²) in [5, 5.41) is 0. The van der Waals surface area contributed by atoms with Gasteiger partial charge in [0.1, 0.15) is 0 Å². The SMILES string of the molecule is CCCC(CN)(CCC)C(=O)N(C)C1CCS(=O)(=O)C1. The van der Waals surface area contributed by atoms with Gasteiger partial charge in [0, 0.05) is 19.6 Å². The minimum Gasteiger partial charge on any atom is -0.341 e. The van der Waals surface area contributed by atoms with Crippen LogP contribution >= 0.6 is 0 Å². The highest BCUT2D eigenvalue weighted by atomic mass is 32.2. The highest BCUT2D eigenvalue weighted by Gasteiger charge is 2.41. The lowest BCUT2D eigenvalue weighted by atomic mass is 9.77. The Hall–Kier alpha value is -0.620. The average molecular weight is 304 g/mol. The van der Waals surface area contributed by atoms with Gasteiger partial charge in [0.2, 0.25) is 5.91 Å². The standard InChI is InChI=1S/C14H28N2O3S/c1-4-7-14(11-15,8-5-2)13(17)16(3)12-6-9-20(18,19)10-12/h12H,4-11,15H2,1-3H3. The first-order chi connectivity index (χ1) is 9.32. The number of rotatable bonds is 7. The summed E-state index contributed by atoms with van der Waals surface area (Å²) in [6.45, 7) is 4.43. The molecular formula is C14H28N2O3S. The van der Waals surface area contributed by atoms with Gasteiger partial charge >= 0.3 is 0 Å². The molecule has 0 aliphatic carbocycles. The molecule has 0 radical (unpaired) electrons. The van der Waals surface area contributed by atoms with Crippen molar-refractivity contribution in [1.29, 1.82) is 0 Å². The van der Waals surface area contributed by atoms with E-state index in [1.54, 1.807) is 11.9 Å². The van der Waals surface area contributed by atoms with Crippen molar-refractivity contribution in [2.24, 2.45) is 11.1 Å². The molecular weight excluding hydrogens is 276 g/mol. The van der Waals surface area contributed by atoms with Gasteiger partial charge in [-0.15, -0.1) is 0 Å². The van der Waals surface area contributed by atoms with Crippen LogP contribution in [-0.2, 0) is 14.6 Å². The topological polar surface area (TPSA) is 80.5 Å². The van der Waals surface area contributed by atoms with Crippen LogP contribution in [0.2, 0.25) is 0 Å². The molecule has 20 heavy (non-hydrogen) atoms. The molecule has 6 heteroatoms. The van der Waals surface area contributed by atoms with Crippen LogP contribution in [0.4, 0.5) is 0 Å². The summed E-state index contributed by atoms with van der Waals surface area (Å²) in [5.74, 6) is 0.298. The predicted molar refractivity (Wildman–Crippen MR) is 81.1 cm³/mol. The molecule has 5 nitrogen and oxygen atoms in total. The smallest absolute Gasteiger partial charge is 0.230 e. The van der Waals surface area contributed by atoms with E-state index < -0.39 is 15.3 Å². The molecule has 1 atom stereocenters. The third-order valence-electron chi connectivity index (χ3n) is 4.38. The van der Waals surface area contributed by atoms with Gasteiger partial charge in [-0.1, -0.05) is 26.7 Å². The van der Waals surface area contributed by atoms with Gasteiger partial charge in [-0.05, 0) is 19.3 Å². The first kappa shape index (κ1) is 17.4. The highest BCUT2D eigenvalue weighted by Crippen LogP contribution is 2.32. The maximum atomic E-state index is 12.8. The Balaban J connectivity index is 2.89. The number of nitrogens with zero attached hydrogens (tertiary/aromatic N) is 1. The number of nitrogens with two attached hydrogens (primary N) is 1. The van der Waals surface area contributed by atoms with Crippen molar-refractivity contribution in [3.05, 3.63) is 0 Å². The Morgan fingerprint density at radius 3 is 2.20 bits per heavy atom. The van der Waals surface area contributed by atoms with Gasteiger partial charge in [0.05, 0.1) is 16.9 Å². The Kier molecular flexibility index (Phi) is 6.01. The van der Waals surface area contributed by atoms with E-state index in [0.29, 0.717) is 13.0 Å². The molecule has 1 aliphatic heterocycles. The minimum atomic E-state index is -2.98. The van der Waals surface area contributed by atoms with Gasteiger partial charge in [0.15, 0.2) is 9.84 Å². The molecule has 0 spiro atoms. The van der Waals surface area contributed by atoms with E-state index in [-0.39, 0.29) is 23.5 Å². The fraction of sp³-hybridized carbons (Fsp3) is 0.929. The molecule has 0 bridgehead atoms. The highest BCUT2D eigenvalue weighted by molar-refractivity contribution is 7.91. The van der Waals surface area contributed by atoms with Crippen molar-refractivity contribution in [3.8, 4) is 0 Å². The molecule has 2 N–H and O–H groups in total. The number of sulfone groups is 1. The average Bonchev–Trinajstić information content (AvgIpc) is 2.77. The minimum absolute atomic E-state index is 0.0193. The lowest BCUT2D eigenvalue weighted by molar-refractivity contribution is -0.143. The van der Waals surface area contributed by atoms with E-state index in [4.69, 9.17) is 5.73 Å². The van der Waals surface area contributed by atoms with Crippen LogP contribution in [-0.4, -0.2) is 50.4 Å². The van der Waals surface area contributed by atoms with Crippen LogP contribution in [0.5, 0.6) is 0 Å². The zero-order valence-corrected chi connectivity index (χ0v) is 13.7. The monoisotopic (exact) mass is 304 g/mol. The zero-order chi connectivity index (χ0) is 15.4. The van der Waals surface area contributed by atoms with Crippen LogP contribution in [0.3, 0.4) is 0 Å². The second kappa shape index (κ2) is 6.89. The Morgan fingerprint density at radius 1 is 1.30 bits per heavy atom. The molecule has 1 aliphatic rings. The van der Waals surface area contributed by atoms with E-state index in [2.05, 4.69) is 0 Å². The zero-order valence-electron chi connectivity index (χ0n) is 12.9. The summed E-state index contributed by atoms with van der Waals surface area (Å²) < 4.78 is 23.2. The Labute approximate surface area is 122 Å². The van der Waals surface area contributed by atoms with Crippen molar-refractivity contribution in [3.63, 3.8) is 0 Å². The Morgan fingerprint density at radius 2 is 1.85 bits per heavy atom. The fourth-order valence-corrected chi connectivity index (χ4v) is 4.98. The van der Waals surface area contributed by atoms with E-state index in [0.717, 1.165) is 25.7 Å². The summed E-state index contributed by atoms with van der Waals surface area (Å²) in [5.41, 5.74) is 5.38. The van der Waals surface area contributed by atoms with Gasteiger partial charge in [-0.3, -0.25) is 4.79 Å². The van der Waals surface area contributed by atoms with Gasteiger partial charge in [-0.2, -0.15) is 0 Å². The lowest BCUT2D eigenvalue weighted by Gasteiger charge is -2.37. The van der Waals surface area contributed by atoms with Crippen molar-refractivity contribution >= 4 is 15.7 Å². The second-order valence-corrected chi connectivity index (χ2v) is 8.19. The molecule has 0 aromatic rings. The largest absolute Gasteiger partial charge is 0.341 e. The summed E-state index contributed by atoms with van der Waals surface area (Å²) in [6, 6.07) is -0.188. The molecule has 0 saturated carbocycles. The number of carbonyl (C=O) groups is 1. The molecule has 1 unspecified atom stereocenters. The molecule has 0 aromatic carbocycles. The number of carbonyl (C=O) groups excluding carboxylic acids is 1. The molecule has 0 aromatic heterocycles. The van der Waals surface area contributed by atoms with E-state index in [1.807, 2.05) is 13.8 Å². The normalized spacial score (nSPS) is 21.9. The molecule has 1 rings (SSSR count). The van der Waals surface area contributed by atoms with Crippen LogP contribution in [0.15, 0.2) is 0 Å². The van der Waals surface area contributed by atoms with Gasteiger partial charge in [0.25, 0.3) is 0 Å². The van der Waals surface area contributed by atoms with Crippen LogP contribution in [0.1, 0.15) is 46.0 Å². The first-order valence-corrected chi connectivity index (χ1v) is 9.31. The maximum Gasteiger partial charge on any atom is 0.230 e. The van der Waals surface area contributed by atoms with Crippen molar-refractivity contribution in [2.75, 3.05) is 25.1 Å². The number of hydrogen-bond acceptors (Lipinski definition) is 4. The third kappa shape index (κ3) is 3.73. The van der Waals surface area contributed by atoms with Crippen molar-refractivity contribution in [2.45, 2.75) is 52.0 Å². The van der Waals surface area contributed by atoms with E-state index >= 15 is 0 Å². The quantitative estimate of drug-likeness (QED) is 0.766. The van der Waals surface area contributed by atoms with E-state index in [1.165, 1.54) is 0 Å². The van der Waals surface area contributed by atoms with Crippen molar-refractivity contribution < 1.29 is 13.2 Å². The molecule has 1 heterocycles. The third-order valence-corrected chi connectivity index (χ3v) is 6.13. The molecule has 1 fully saturated rings.